The molecule has 0 spiro atoms. The van der Waals surface area contributed by atoms with Gasteiger partial charge in [0.2, 0.25) is 0 Å². The summed E-state index contributed by atoms with van der Waals surface area (Å²) < 4.78 is 29.6. The topological polar surface area (TPSA) is 61.2 Å². The highest BCUT2D eigenvalue weighted by atomic mass is 35.7. The van der Waals surface area contributed by atoms with Crippen LogP contribution in [0.5, 0.6) is 5.75 Å². The molecule has 0 amide bonds. The van der Waals surface area contributed by atoms with E-state index in [0.717, 1.165) is 5.69 Å². The standard InChI is InChI=1S/C13H15ClN2O3S/c1-10(2)16-8-7-11(15-16)9-19-12-3-5-13(6-4-12)20(14,17)18/h3-8,10H,9H2,1-2H3. The Bertz CT molecular complexity index is 678. The van der Waals surface area contributed by atoms with Gasteiger partial charge in [-0.15, -0.1) is 0 Å². The molecular weight excluding hydrogens is 300 g/mol. The summed E-state index contributed by atoms with van der Waals surface area (Å²) in [6, 6.07) is 8.13. The second kappa shape index (κ2) is 5.85. The van der Waals surface area contributed by atoms with Gasteiger partial charge in [-0.1, -0.05) is 0 Å². The molecule has 0 N–H and O–H groups in total. The second-order valence-corrected chi connectivity index (χ2v) is 7.14. The van der Waals surface area contributed by atoms with Crippen LogP contribution >= 0.6 is 10.7 Å². The molecule has 5 nitrogen and oxygen atoms in total. The number of hydrogen-bond acceptors (Lipinski definition) is 4. The van der Waals surface area contributed by atoms with Crippen molar-refractivity contribution in [3.8, 4) is 5.75 Å². The molecule has 0 saturated carbocycles. The number of aromatic nitrogens is 2. The first-order chi connectivity index (χ1) is 9.36. The third-order valence-corrected chi connectivity index (χ3v) is 4.05. The van der Waals surface area contributed by atoms with Crippen LogP contribution in [0.15, 0.2) is 41.4 Å². The second-order valence-electron chi connectivity index (χ2n) is 4.58. The predicted octanol–water partition coefficient (Wildman–Crippen LogP) is 2.97. The van der Waals surface area contributed by atoms with Gasteiger partial charge in [-0.05, 0) is 44.2 Å². The van der Waals surface area contributed by atoms with Crippen molar-refractivity contribution in [3.63, 3.8) is 0 Å². The van der Waals surface area contributed by atoms with Crippen LogP contribution in [0.4, 0.5) is 0 Å². The van der Waals surface area contributed by atoms with Crippen molar-refractivity contribution in [3.05, 3.63) is 42.2 Å². The summed E-state index contributed by atoms with van der Waals surface area (Å²) in [4.78, 5) is 0.0515. The number of hydrogen-bond donors (Lipinski definition) is 0. The van der Waals surface area contributed by atoms with E-state index in [1.54, 1.807) is 12.1 Å². The van der Waals surface area contributed by atoms with Crippen molar-refractivity contribution < 1.29 is 13.2 Å². The molecule has 0 fully saturated rings. The maximum Gasteiger partial charge on any atom is 0.261 e. The van der Waals surface area contributed by atoms with Gasteiger partial charge in [0.25, 0.3) is 9.05 Å². The van der Waals surface area contributed by atoms with Crippen LogP contribution in [0, 0.1) is 0 Å². The highest BCUT2D eigenvalue weighted by Gasteiger charge is 2.09. The Morgan fingerprint density at radius 1 is 1.25 bits per heavy atom. The Kier molecular flexibility index (Phi) is 4.35. The van der Waals surface area contributed by atoms with E-state index in [9.17, 15) is 8.42 Å². The molecule has 0 bridgehead atoms. The number of rotatable bonds is 5. The van der Waals surface area contributed by atoms with Gasteiger partial charge >= 0.3 is 0 Å². The lowest BCUT2D eigenvalue weighted by molar-refractivity contribution is 0.298. The fourth-order valence-electron chi connectivity index (χ4n) is 1.60. The fraction of sp³-hybridized carbons (Fsp3) is 0.308. The maximum atomic E-state index is 11.1. The highest BCUT2D eigenvalue weighted by molar-refractivity contribution is 8.13. The van der Waals surface area contributed by atoms with Gasteiger partial charge in [0, 0.05) is 22.9 Å². The predicted molar refractivity (Wildman–Crippen MR) is 76.4 cm³/mol. The molecule has 0 unspecified atom stereocenters. The minimum atomic E-state index is -3.69. The molecular formula is C13H15ClN2O3S. The Morgan fingerprint density at radius 3 is 2.40 bits per heavy atom. The molecule has 7 heteroatoms. The van der Waals surface area contributed by atoms with Crippen LogP contribution in [0.3, 0.4) is 0 Å². The van der Waals surface area contributed by atoms with Crippen molar-refractivity contribution in [2.75, 3.05) is 0 Å². The highest BCUT2D eigenvalue weighted by Crippen LogP contribution is 2.19. The molecule has 2 rings (SSSR count). The van der Waals surface area contributed by atoms with E-state index in [1.165, 1.54) is 12.1 Å². The van der Waals surface area contributed by atoms with Crippen LogP contribution in [0.1, 0.15) is 25.6 Å². The number of benzene rings is 1. The molecule has 0 aliphatic carbocycles. The van der Waals surface area contributed by atoms with E-state index in [2.05, 4.69) is 5.10 Å². The van der Waals surface area contributed by atoms with Gasteiger partial charge in [-0.3, -0.25) is 4.68 Å². The average molecular weight is 315 g/mol. The summed E-state index contributed by atoms with van der Waals surface area (Å²) >= 11 is 0. The zero-order valence-electron chi connectivity index (χ0n) is 11.2. The van der Waals surface area contributed by atoms with Crippen molar-refractivity contribution in [1.82, 2.24) is 9.78 Å². The van der Waals surface area contributed by atoms with Gasteiger partial charge in [0.15, 0.2) is 0 Å². The first-order valence-corrected chi connectivity index (χ1v) is 8.39. The van der Waals surface area contributed by atoms with Gasteiger partial charge in [-0.2, -0.15) is 5.10 Å². The Hall–Kier alpha value is -1.53. The van der Waals surface area contributed by atoms with E-state index < -0.39 is 9.05 Å². The van der Waals surface area contributed by atoms with Crippen molar-refractivity contribution in [1.29, 1.82) is 0 Å². The molecule has 20 heavy (non-hydrogen) atoms. The SMILES string of the molecule is CC(C)n1ccc(COc2ccc(S(=O)(=O)Cl)cc2)n1. The summed E-state index contributed by atoms with van der Waals surface area (Å²) in [5.74, 6) is 0.563. The maximum absolute atomic E-state index is 11.1. The van der Waals surface area contributed by atoms with Crippen LogP contribution in [0.25, 0.3) is 0 Å². The molecule has 2 aromatic rings. The minimum absolute atomic E-state index is 0.0515. The van der Waals surface area contributed by atoms with E-state index >= 15 is 0 Å². The molecule has 1 heterocycles. The van der Waals surface area contributed by atoms with Crippen LogP contribution in [-0.4, -0.2) is 18.2 Å². The van der Waals surface area contributed by atoms with Gasteiger partial charge in [-0.25, -0.2) is 8.42 Å². The molecule has 0 saturated heterocycles. The number of nitrogens with zero attached hydrogens (tertiary/aromatic N) is 2. The molecule has 1 aromatic carbocycles. The lowest BCUT2D eigenvalue weighted by Crippen LogP contribution is -2.03. The Morgan fingerprint density at radius 2 is 1.90 bits per heavy atom. The van der Waals surface area contributed by atoms with E-state index in [1.807, 2.05) is 30.8 Å². The first-order valence-electron chi connectivity index (χ1n) is 6.08. The molecule has 0 aliphatic heterocycles. The summed E-state index contributed by atoms with van der Waals surface area (Å²) in [6.07, 6.45) is 1.90. The summed E-state index contributed by atoms with van der Waals surface area (Å²) in [5, 5.41) is 4.36. The Balaban J connectivity index is 2.00. The summed E-state index contributed by atoms with van der Waals surface area (Å²) in [7, 11) is 1.54. The quantitative estimate of drug-likeness (QED) is 0.796. The molecule has 0 atom stereocenters. The number of halogens is 1. The average Bonchev–Trinajstić information content (AvgIpc) is 2.85. The zero-order valence-corrected chi connectivity index (χ0v) is 12.7. The van der Waals surface area contributed by atoms with Gasteiger partial charge in [0.05, 0.1) is 10.6 Å². The number of ether oxygens (including phenoxy) is 1. The lowest BCUT2D eigenvalue weighted by Gasteiger charge is -2.06. The Labute approximate surface area is 122 Å². The van der Waals surface area contributed by atoms with Crippen LogP contribution in [0.2, 0.25) is 0 Å². The van der Waals surface area contributed by atoms with Crippen molar-refractivity contribution in [2.24, 2.45) is 0 Å². The van der Waals surface area contributed by atoms with Crippen LogP contribution in [-0.2, 0) is 15.7 Å². The summed E-state index contributed by atoms with van der Waals surface area (Å²) in [6.45, 7) is 4.42. The first kappa shape index (κ1) is 14.9. The monoisotopic (exact) mass is 314 g/mol. The van der Waals surface area contributed by atoms with Gasteiger partial charge < -0.3 is 4.74 Å². The third kappa shape index (κ3) is 3.74. The van der Waals surface area contributed by atoms with Crippen LogP contribution < -0.4 is 4.74 Å². The normalized spacial score (nSPS) is 11.8. The fourth-order valence-corrected chi connectivity index (χ4v) is 2.37. The smallest absolute Gasteiger partial charge is 0.261 e. The molecule has 108 valence electrons. The van der Waals surface area contributed by atoms with Crippen molar-refractivity contribution >= 4 is 19.7 Å². The minimum Gasteiger partial charge on any atom is -0.487 e. The van der Waals surface area contributed by atoms with E-state index in [4.69, 9.17) is 15.4 Å². The molecule has 1 aromatic heterocycles. The van der Waals surface area contributed by atoms with E-state index in [0.29, 0.717) is 18.4 Å². The van der Waals surface area contributed by atoms with Crippen molar-refractivity contribution in [2.45, 2.75) is 31.4 Å². The zero-order chi connectivity index (χ0) is 14.8. The molecule has 0 radical (unpaired) electrons. The summed E-state index contributed by atoms with van der Waals surface area (Å²) in [5.41, 5.74) is 0.813. The van der Waals surface area contributed by atoms with Gasteiger partial charge in [0.1, 0.15) is 12.4 Å². The third-order valence-electron chi connectivity index (χ3n) is 2.68. The molecule has 0 aliphatic rings. The van der Waals surface area contributed by atoms with E-state index in [-0.39, 0.29) is 4.90 Å². The largest absolute Gasteiger partial charge is 0.487 e. The lowest BCUT2D eigenvalue weighted by atomic mass is 10.3.